The standard InChI is InChI=1S/C22H30N2O3.ClH/c1-16-6-7-18(13-17(16)2)5-4-11-24-22(25)15-19-8-9-20(27-12-10-23)21(14-19)26-3;/h6-9,13-14H,4-5,10-12,15,23H2,1-3H3,(H,24,25);1H. The van der Waals surface area contributed by atoms with Crippen LogP contribution in [-0.4, -0.2) is 32.7 Å². The van der Waals surface area contributed by atoms with Crippen molar-refractivity contribution < 1.29 is 14.3 Å². The Morgan fingerprint density at radius 1 is 1.04 bits per heavy atom. The van der Waals surface area contributed by atoms with Crippen LogP contribution in [0.25, 0.3) is 0 Å². The molecule has 0 aliphatic rings. The third-order valence-corrected chi connectivity index (χ3v) is 4.50. The molecular weight excluding hydrogens is 376 g/mol. The minimum Gasteiger partial charge on any atom is -0.493 e. The van der Waals surface area contributed by atoms with Crippen LogP contribution in [-0.2, 0) is 17.6 Å². The van der Waals surface area contributed by atoms with Crippen LogP contribution in [0.3, 0.4) is 0 Å². The summed E-state index contributed by atoms with van der Waals surface area (Å²) in [5, 5.41) is 2.99. The zero-order valence-electron chi connectivity index (χ0n) is 16.9. The predicted octanol–water partition coefficient (Wildman–Crippen LogP) is 3.36. The maximum atomic E-state index is 12.2. The van der Waals surface area contributed by atoms with Crippen LogP contribution in [0.4, 0.5) is 0 Å². The number of nitrogens with one attached hydrogen (secondary N) is 1. The van der Waals surface area contributed by atoms with Gasteiger partial charge in [0.25, 0.3) is 0 Å². The quantitative estimate of drug-likeness (QED) is 0.593. The van der Waals surface area contributed by atoms with Gasteiger partial charge in [0.2, 0.25) is 5.91 Å². The molecule has 1 amide bonds. The SMILES string of the molecule is COc1cc(CC(=O)NCCCc2ccc(C)c(C)c2)ccc1OCCN.Cl. The van der Waals surface area contributed by atoms with Gasteiger partial charge in [0.15, 0.2) is 11.5 Å². The highest BCUT2D eigenvalue weighted by Crippen LogP contribution is 2.28. The van der Waals surface area contributed by atoms with Crippen LogP contribution < -0.4 is 20.5 Å². The number of carbonyl (C=O) groups excluding carboxylic acids is 1. The fourth-order valence-corrected chi connectivity index (χ4v) is 2.84. The highest BCUT2D eigenvalue weighted by atomic mass is 35.5. The molecule has 0 heterocycles. The van der Waals surface area contributed by atoms with Crippen molar-refractivity contribution in [2.45, 2.75) is 33.1 Å². The molecule has 6 heteroatoms. The molecule has 0 bridgehead atoms. The van der Waals surface area contributed by atoms with E-state index in [0.29, 0.717) is 37.6 Å². The topological polar surface area (TPSA) is 73.6 Å². The molecule has 28 heavy (non-hydrogen) atoms. The molecule has 0 aliphatic heterocycles. The van der Waals surface area contributed by atoms with Crippen LogP contribution >= 0.6 is 12.4 Å². The van der Waals surface area contributed by atoms with E-state index in [1.54, 1.807) is 7.11 Å². The molecule has 0 radical (unpaired) electrons. The molecule has 2 aromatic carbocycles. The average molecular weight is 407 g/mol. The Bertz CT molecular complexity index is 765. The van der Waals surface area contributed by atoms with E-state index in [1.165, 1.54) is 16.7 Å². The average Bonchev–Trinajstić information content (AvgIpc) is 2.66. The second-order valence-corrected chi connectivity index (χ2v) is 6.67. The van der Waals surface area contributed by atoms with E-state index in [4.69, 9.17) is 15.2 Å². The summed E-state index contributed by atoms with van der Waals surface area (Å²) >= 11 is 0. The smallest absolute Gasteiger partial charge is 0.224 e. The normalized spacial score (nSPS) is 10.1. The summed E-state index contributed by atoms with van der Waals surface area (Å²) in [5.41, 5.74) is 10.3. The van der Waals surface area contributed by atoms with Gasteiger partial charge < -0.3 is 20.5 Å². The molecule has 0 atom stereocenters. The summed E-state index contributed by atoms with van der Waals surface area (Å²) in [6, 6.07) is 12.1. The Balaban J connectivity index is 0.00000392. The van der Waals surface area contributed by atoms with Crippen molar-refractivity contribution in [1.29, 1.82) is 0 Å². The molecule has 0 spiro atoms. The number of hydrogen-bond donors (Lipinski definition) is 2. The van der Waals surface area contributed by atoms with Crippen molar-refractivity contribution >= 4 is 18.3 Å². The van der Waals surface area contributed by atoms with Gasteiger partial charge in [0.1, 0.15) is 6.61 Å². The molecule has 2 aromatic rings. The Kier molecular flexibility index (Phi) is 10.4. The molecule has 3 N–H and O–H groups in total. The van der Waals surface area contributed by atoms with Crippen molar-refractivity contribution in [1.82, 2.24) is 5.32 Å². The van der Waals surface area contributed by atoms with Gasteiger partial charge in [-0.25, -0.2) is 0 Å². The summed E-state index contributed by atoms with van der Waals surface area (Å²) in [5.74, 6) is 1.26. The van der Waals surface area contributed by atoms with Crippen molar-refractivity contribution in [3.05, 3.63) is 58.7 Å². The fraction of sp³-hybridized carbons (Fsp3) is 0.409. The van der Waals surface area contributed by atoms with Gasteiger partial charge in [-0.15, -0.1) is 12.4 Å². The Hall–Kier alpha value is -2.24. The molecule has 0 saturated heterocycles. The first-order valence-electron chi connectivity index (χ1n) is 9.36. The van der Waals surface area contributed by atoms with Crippen molar-refractivity contribution in [2.75, 3.05) is 26.8 Å². The van der Waals surface area contributed by atoms with Crippen LogP contribution in [0.2, 0.25) is 0 Å². The maximum absolute atomic E-state index is 12.2. The summed E-state index contributed by atoms with van der Waals surface area (Å²) in [7, 11) is 1.58. The summed E-state index contributed by atoms with van der Waals surface area (Å²) < 4.78 is 10.9. The van der Waals surface area contributed by atoms with E-state index in [1.807, 2.05) is 18.2 Å². The van der Waals surface area contributed by atoms with E-state index < -0.39 is 0 Å². The Morgan fingerprint density at radius 2 is 1.79 bits per heavy atom. The molecule has 154 valence electrons. The lowest BCUT2D eigenvalue weighted by Crippen LogP contribution is -2.26. The monoisotopic (exact) mass is 406 g/mol. The third kappa shape index (κ3) is 7.41. The van der Waals surface area contributed by atoms with Gasteiger partial charge >= 0.3 is 0 Å². The van der Waals surface area contributed by atoms with Gasteiger partial charge in [-0.2, -0.15) is 0 Å². The van der Waals surface area contributed by atoms with Crippen LogP contribution in [0.5, 0.6) is 11.5 Å². The van der Waals surface area contributed by atoms with E-state index in [-0.39, 0.29) is 18.3 Å². The van der Waals surface area contributed by atoms with E-state index in [0.717, 1.165) is 18.4 Å². The summed E-state index contributed by atoms with van der Waals surface area (Å²) in [6.07, 6.45) is 2.20. The van der Waals surface area contributed by atoms with Crippen LogP contribution in [0.15, 0.2) is 36.4 Å². The zero-order valence-corrected chi connectivity index (χ0v) is 17.7. The summed E-state index contributed by atoms with van der Waals surface area (Å²) in [6.45, 7) is 5.78. The van der Waals surface area contributed by atoms with Crippen molar-refractivity contribution in [2.24, 2.45) is 5.73 Å². The van der Waals surface area contributed by atoms with Gasteiger partial charge in [0, 0.05) is 13.1 Å². The number of halogens is 1. The van der Waals surface area contributed by atoms with Gasteiger partial charge in [0.05, 0.1) is 13.5 Å². The molecule has 0 aromatic heterocycles. The number of benzene rings is 2. The number of amides is 1. The molecule has 0 aliphatic carbocycles. The fourth-order valence-electron chi connectivity index (χ4n) is 2.84. The van der Waals surface area contributed by atoms with E-state index in [2.05, 4.69) is 37.4 Å². The third-order valence-electron chi connectivity index (χ3n) is 4.50. The van der Waals surface area contributed by atoms with Gasteiger partial charge in [-0.1, -0.05) is 24.3 Å². The maximum Gasteiger partial charge on any atom is 0.224 e. The molecule has 5 nitrogen and oxygen atoms in total. The highest BCUT2D eigenvalue weighted by Gasteiger charge is 2.09. The number of hydrogen-bond acceptors (Lipinski definition) is 4. The number of nitrogens with two attached hydrogens (primary N) is 1. The second-order valence-electron chi connectivity index (χ2n) is 6.67. The zero-order chi connectivity index (χ0) is 19.6. The lowest BCUT2D eigenvalue weighted by molar-refractivity contribution is -0.120. The highest BCUT2D eigenvalue weighted by molar-refractivity contribution is 5.85. The molecule has 2 rings (SSSR count). The number of aryl methyl sites for hydroxylation is 3. The van der Waals surface area contributed by atoms with Gasteiger partial charge in [-0.05, 0) is 61.1 Å². The molecule has 0 fully saturated rings. The Morgan fingerprint density at radius 3 is 2.46 bits per heavy atom. The van der Waals surface area contributed by atoms with E-state index in [9.17, 15) is 4.79 Å². The number of carbonyl (C=O) groups is 1. The van der Waals surface area contributed by atoms with Crippen molar-refractivity contribution in [3.8, 4) is 11.5 Å². The number of rotatable bonds is 10. The first kappa shape index (κ1) is 23.8. The first-order valence-corrected chi connectivity index (χ1v) is 9.36. The van der Waals surface area contributed by atoms with Gasteiger partial charge in [-0.3, -0.25) is 4.79 Å². The largest absolute Gasteiger partial charge is 0.493 e. The van der Waals surface area contributed by atoms with Crippen LogP contribution in [0.1, 0.15) is 28.7 Å². The predicted molar refractivity (Wildman–Crippen MR) is 116 cm³/mol. The van der Waals surface area contributed by atoms with Crippen LogP contribution in [0, 0.1) is 13.8 Å². The van der Waals surface area contributed by atoms with E-state index >= 15 is 0 Å². The molecule has 0 unspecified atom stereocenters. The minimum absolute atomic E-state index is 0. The first-order chi connectivity index (χ1) is 13.0. The molecule has 0 saturated carbocycles. The minimum atomic E-state index is 0. The molecular formula is C22H31ClN2O3. The second kappa shape index (κ2) is 12.3. The lowest BCUT2D eigenvalue weighted by Gasteiger charge is -2.12. The van der Waals surface area contributed by atoms with Crippen molar-refractivity contribution in [3.63, 3.8) is 0 Å². The summed E-state index contributed by atoms with van der Waals surface area (Å²) in [4.78, 5) is 12.2. The number of methoxy groups -OCH3 is 1. The number of ether oxygens (including phenoxy) is 2. The lowest BCUT2D eigenvalue weighted by atomic mass is 10.0. The Labute approximate surface area is 174 Å².